The molecular weight excluding hydrogens is 202 g/mol. The molecule has 1 rings (SSSR count). The SMILES string of the molecule is C=CCCC(C)(C)[Si](C)(C)N1CCC1=O. The maximum absolute atomic E-state index is 11.5. The summed E-state index contributed by atoms with van der Waals surface area (Å²) in [6, 6.07) is 0. The Morgan fingerprint density at radius 3 is 2.47 bits per heavy atom. The van der Waals surface area contributed by atoms with Gasteiger partial charge in [-0.05, 0) is 17.9 Å². The predicted octanol–water partition coefficient (Wildman–Crippen LogP) is 3.17. The quantitative estimate of drug-likeness (QED) is 0.400. The third-order valence-corrected chi connectivity index (χ3v) is 9.54. The molecule has 0 aliphatic carbocycles. The Morgan fingerprint density at radius 1 is 1.53 bits per heavy atom. The Balaban J connectivity index is 2.73. The lowest BCUT2D eigenvalue weighted by molar-refractivity contribution is -0.134. The molecule has 0 spiro atoms. The van der Waals surface area contributed by atoms with Gasteiger partial charge in [0, 0.05) is 13.0 Å². The molecule has 0 aromatic heterocycles. The fourth-order valence-electron chi connectivity index (χ4n) is 2.04. The molecule has 0 saturated carbocycles. The summed E-state index contributed by atoms with van der Waals surface area (Å²) in [5.41, 5.74) is 0. The van der Waals surface area contributed by atoms with Crippen molar-refractivity contribution in [1.82, 2.24) is 4.57 Å². The van der Waals surface area contributed by atoms with E-state index in [0.717, 1.165) is 25.8 Å². The van der Waals surface area contributed by atoms with Crippen molar-refractivity contribution in [2.75, 3.05) is 6.54 Å². The van der Waals surface area contributed by atoms with Crippen LogP contribution in [0.2, 0.25) is 18.1 Å². The molecule has 86 valence electrons. The molecule has 1 aliphatic heterocycles. The van der Waals surface area contributed by atoms with Gasteiger partial charge in [-0.1, -0.05) is 33.0 Å². The number of hydrogen-bond acceptors (Lipinski definition) is 1. The van der Waals surface area contributed by atoms with Crippen LogP contribution in [0, 0.1) is 0 Å². The zero-order valence-corrected chi connectivity index (χ0v) is 11.5. The maximum atomic E-state index is 11.5. The summed E-state index contributed by atoms with van der Waals surface area (Å²) in [7, 11) is -1.61. The highest BCUT2D eigenvalue weighted by atomic mass is 28.3. The zero-order chi connectivity index (χ0) is 11.7. The molecule has 0 aromatic rings. The summed E-state index contributed by atoms with van der Waals surface area (Å²) in [6.07, 6.45) is 4.92. The van der Waals surface area contributed by atoms with Crippen LogP contribution in [-0.4, -0.2) is 25.3 Å². The lowest BCUT2D eigenvalue weighted by Crippen LogP contribution is -2.63. The van der Waals surface area contributed by atoms with E-state index in [0.29, 0.717) is 5.91 Å². The Bertz CT molecular complexity index is 271. The van der Waals surface area contributed by atoms with Gasteiger partial charge in [0.2, 0.25) is 5.91 Å². The zero-order valence-electron chi connectivity index (χ0n) is 10.5. The highest BCUT2D eigenvalue weighted by molar-refractivity contribution is 6.79. The minimum absolute atomic E-state index is 0.275. The van der Waals surface area contributed by atoms with Crippen molar-refractivity contribution in [1.29, 1.82) is 0 Å². The average Bonchev–Trinajstić information content (AvgIpc) is 2.11. The normalized spacial score (nSPS) is 17.6. The number of carbonyl (C=O) groups excluding carboxylic acids is 1. The molecule has 3 heteroatoms. The molecule has 0 bridgehead atoms. The minimum atomic E-state index is -1.61. The highest BCUT2D eigenvalue weighted by Crippen LogP contribution is 2.45. The van der Waals surface area contributed by atoms with Gasteiger partial charge in [0.1, 0.15) is 0 Å². The van der Waals surface area contributed by atoms with Gasteiger partial charge in [0.15, 0.2) is 8.24 Å². The Morgan fingerprint density at radius 2 is 2.13 bits per heavy atom. The fourth-order valence-corrected chi connectivity index (χ4v) is 4.93. The van der Waals surface area contributed by atoms with Crippen LogP contribution in [0.3, 0.4) is 0 Å². The number of hydrogen-bond donors (Lipinski definition) is 0. The lowest BCUT2D eigenvalue weighted by atomic mass is 10.1. The molecule has 0 radical (unpaired) electrons. The second kappa shape index (κ2) is 4.12. The molecule has 1 amide bonds. The van der Waals surface area contributed by atoms with Crippen LogP contribution in [0.4, 0.5) is 0 Å². The number of carbonyl (C=O) groups is 1. The van der Waals surface area contributed by atoms with E-state index in [-0.39, 0.29) is 5.04 Å². The summed E-state index contributed by atoms with van der Waals surface area (Å²) in [4.78, 5) is 11.5. The third kappa shape index (κ3) is 2.17. The smallest absolute Gasteiger partial charge is 0.216 e. The molecule has 15 heavy (non-hydrogen) atoms. The molecule has 0 unspecified atom stereocenters. The first-order valence-corrected chi connectivity index (χ1v) is 8.69. The topological polar surface area (TPSA) is 20.3 Å². The molecule has 1 heterocycles. The van der Waals surface area contributed by atoms with Crippen LogP contribution in [0.5, 0.6) is 0 Å². The molecule has 0 aromatic carbocycles. The van der Waals surface area contributed by atoms with Gasteiger partial charge in [-0.25, -0.2) is 0 Å². The standard InChI is InChI=1S/C12H23NOSi/c1-6-7-9-12(2,3)15(4,5)13-10-8-11(13)14/h6H,1,7-10H2,2-5H3. The third-order valence-electron chi connectivity index (χ3n) is 4.15. The Labute approximate surface area is 94.4 Å². The number of allylic oxidation sites excluding steroid dienone is 1. The summed E-state index contributed by atoms with van der Waals surface area (Å²) in [5.74, 6) is 0.360. The van der Waals surface area contributed by atoms with Crippen molar-refractivity contribution in [3.05, 3.63) is 12.7 Å². The van der Waals surface area contributed by atoms with Crippen molar-refractivity contribution in [2.45, 2.75) is 51.2 Å². The fraction of sp³-hybridized carbons (Fsp3) is 0.750. The summed E-state index contributed by atoms with van der Waals surface area (Å²) < 4.78 is 2.15. The van der Waals surface area contributed by atoms with Gasteiger partial charge in [0.05, 0.1) is 0 Å². The van der Waals surface area contributed by atoms with Gasteiger partial charge in [0.25, 0.3) is 0 Å². The van der Waals surface area contributed by atoms with Gasteiger partial charge in [-0.3, -0.25) is 4.79 Å². The number of rotatable bonds is 5. The summed E-state index contributed by atoms with van der Waals surface area (Å²) in [5, 5.41) is 0.275. The van der Waals surface area contributed by atoms with E-state index in [9.17, 15) is 4.79 Å². The highest BCUT2D eigenvalue weighted by Gasteiger charge is 2.48. The van der Waals surface area contributed by atoms with Gasteiger partial charge in [-0.15, -0.1) is 6.58 Å². The van der Waals surface area contributed by atoms with E-state index in [1.165, 1.54) is 0 Å². The van der Waals surface area contributed by atoms with E-state index in [1.807, 2.05) is 6.08 Å². The predicted molar refractivity (Wildman–Crippen MR) is 67.3 cm³/mol. The van der Waals surface area contributed by atoms with E-state index < -0.39 is 8.24 Å². The first kappa shape index (κ1) is 12.5. The summed E-state index contributed by atoms with van der Waals surface area (Å²) in [6.45, 7) is 14.0. The molecule has 1 aliphatic rings. The van der Waals surface area contributed by atoms with Gasteiger partial charge >= 0.3 is 0 Å². The monoisotopic (exact) mass is 225 g/mol. The molecule has 0 atom stereocenters. The van der Waals surface area contributed by atoms with Crippen LogP contribution in [0.1, 0.15) is 33.1 Å². The van der Waals surface area contributed by atoms with E-state index >= 15 is 0 Å². The largest absolute Gasteiger partial charge is 0.369 e. The maximum Gasteiger partial charge on any atom is 0.216 e. The number of nitrogens with zero attached hydrogens (tertiary/aromatic N) is 1. The Kier molecular flexibility index (Phi) is 3.43. The second-order valence-electron chi connectivity index (χ2n) is 5.57. The van der Waals surface area contributed by atoms with Crippen LogP contribution in [0.25, 0.3) is 0 Å². The molecule has 1 fully saturated rings. The van der Waals surface area contributed by atoms with Gasteiger partial charge in [-0.2, -0.15) is 0 Å². The van der Waals surface area contributed by atoms with Crippen LogP contribution in [-0.2, 0) is 4.79 Å². The van der Waals surface area contributed by atoms with E-state index in [4.69, 9.17) is 0 Å². The van der Waals surface area contributed by atoms with Crippen molar-refractivity contribution in [3.63, 3.8) is 0 Å². The molecule has 0 N–H and O–H groups in total. The number of β-lactam (4-membered cyclic amide) rings is 1. The Hall–Kier alpha value is -0.573. The van der Waals surface area contributed by atoms with Gasteiger partial charge < -0.3 is 4.57 Å². The first-order valence-electron chi connectivity index (χ1n) is 5.74. The van der Waals surface area contributed by atoms with Crippen molar-refractivity contribution >= 4 is 14.1 Å². The number of amides is 1. The van der Waals surface area contributed by atoms with Crippen molar-refractivity contribution in [2.24, 2.45) is 0 Å². The van der Waals surface area contributed by atoms with Crippen LogP contribution < -0.4 is 0 Å². The molecular formula is C12H23NOSi. The van der Waals surface area contributed by atoms with Crippen molar-refractivity contribution < 1.29 is 4.79 Å². The van der Waals surface area contributed by atoms with Crippen LogP contribution >= 0.6 is 0 Å². The van der Waals surface area contributed by atoms with Crippen LogP contribution in [0.15, 0.2) is 12.7 Å². The molecule has 2 nitrogen and oxygen atoms in total. The summed E-state index contributed by atoms with van der Waals surface area (Å²) >= 11 is 0. The lowest BCUT2D eigenvalue weighted by Gasteiger charge is -2.51. The molecule has 1 saturated heterocycles. The minimum Gasteiger partial charge on any atom is -0.369 e. The average molecular weight is 225 g/mol. The second-order valence-corrected chi connectivity index (χ2v) is 10.6. The first-order chi connectivity index (χ1) is 6.83. The van der Waals surface area contributed by atoms with E-state index in [1.54, 1.807) is 0 Å². The van der Waals surface area contributed by atoms with E-state index in [2.05, 4.69) is 38.1 Å². The van der Waals surface area contributed by atoms with Crippen molar-refractivity contribution in [3.8, 4) is 0 Å².